The molecule has 0 aliphatic heterocycles. The van der Waals surface area contributed by atoms with Gasteiger partial charge in [0.25, 0.3) is 5.91 Å². The molecule has 122 valence electrons. The molecule has 0 aliphatic carbocycles. The summed E-state index contributed by atoms with van der Waals surface area (Å²) in [5.74, 6) is 0.312. The van der Waals surface area contributed by atoms with Crippen LogP contribution in [0.4, 0.5) is 5.13 Å². The van der Waals surface area contributed by atoms with Gasteiger partial charge in [-0.05, 0) is 55.0 Å². The quantitative estimate of drug-likeness (QED) is 0.699. The minimum absolute atomic E-state index is 0.207. The average molecular weight is 357 g/mol. The smallest absolute Gasteiger partial charge is 0.257 e. The number of aromatic nitrogens is 1. The van der Waals surface area contributed by atoms with Crippen molar-refractivity contribution in [1.29, 1.82) is 0 Å². The van der Waals surface area contributed by atoms with Crippen molar-refractivity contribution in [1.82, 2.24) is 10.3 Å². The molecule has 1 aromatic heterocycles. The number of nitrogens with zero attached hydrogens (tertiary/aromatic N) is 1. The molecule has 2 aromatic carbocycles. The summed E-state index contributed by atoms with van der Waals surface area (Å²) < 4.78 is 6.18. The van der Waals surface area contributed by atoms with Gasteiger partial charge in [-0.1, -0.05) is 23.5 Å². The molecular formula is C17H15N3O2S2. The van der Waals surface area contributed by atoms with E-state index in [9.17, 15) is 4.79 Å². The Hall–Kier alpha value is -2.51. The van der Waals surface area contributed by atoms with Crippen LogP contribution >= 0.6 is 23.6 Å². The Bertz CT molecular complexity index is 921. The van der Waals surface area contributed by atoms with Gasteiger partial charge in [0.05, 0.1) is 17.3 Å². The summed E-state index contributed by atoms with van der Waals surface area (Å²) in [5, 5.41) is 6.45. The molecule has 0 bridgehead atoms. The number of benzene rings is 2. The van der Waals surface area contributed by atoms with Crippen LogP contribution in [0.3, 0.4) is 0 Å². The van der Waals surface area contributed by atoms with E-state index in [4.69, 9.17) is 17.0 Å². The Balaban J connectivity index is 1.68. The van der Waals surface area contributed by atoms with E-state index < -0.39 is 0 Å². The highest BCUT2D eigenvalue weighted by Crippen LogP contribution is 2.26. The number of nitrogens with one attached hydrogen (secondary N) is 2. The number of carbonyl (C=O) groups excluding carboxylic acids is 1. The lowest BCUT2D eigenvalue weighted by Crippen LogP contribution is -2.34. The van der Waals surface area contributed by atoms with Crippen LogP contribution in [0, 0.1) is 6.92 Å². The predicted octanol–water partition coefficient (Wildman–Crippen LogP) is 3.74. The first kappa shape index (κ1) is 16.4. The van der Waals surface area contributed by atoms with Crippen molar-refractivity contribution in [2.24, 2.45) is 0 Å². The van der Waals surface area contributed by atoms with Gasteiger partial charge >= 0.3 is 0 Å². The molecule has 0 atom stereocenters. The number of hydrogen-bond acceptors (Lipinski definition) is 5. The Kier molecular flexibility index (Phi) is 4.73. The first-order valence-electron chi connectivity index (χ1n) is 7.19. The Morgan fingerprint density at radius 1 is 1.25 bits per heavy atom. The van der Waals surface area contributed by atoms with Gasteiger partial charge in [0.2, 0.25) is 0 Å². The minimum atomic E-state index is -0.302. The molecule has 3 rings (SSSR count). The van der Waals surface area contributed by atoms with E-state index in [0.29, 0.717) is 16.4 Å². The van der Waals surface area contributed by atoms with Gasteiger partial charge in [-0.25, -0.2) is 4.98 Å². The van der Waals surface area contributed by atoms with E-state index in [0.717, 1.165) is 10.2 Å². The fourth-order valence-corrected chi connectivity index (χ4v) is 3.38. The number of ether oxygens (including phenoxy) is 1. The number of thiazole rings is 1. The lowest BCUT2D eigenvalue weighted by molar-refractivity contribution is 0.0977. The lowest BCUT2D eigenvalue weighted by Gasteiger charge is -2.08. The van der Waals surface area contributed by atoms with Crippen LogP contribution < -0.4 is 15.4 Å². The van der Waals surface area contributed by atoms with Gasteiger partial charge in [-0.2, -0.15) is 0 Å². The van der Waals surface area contributed by atoms with Crippen LogP contribution in [-0.2, 0) is 0 Å². The summed E-state index contributed by atoms with van der Waals surface area (Å²) in [4.78, 5) is 16.7. The molecule has 24 heavy (non-hydrogen) atoms. The summed E-state index contributed by atoms with van der Waals surface area (Å²) in [6.45, 7) is 2.03. The molecule has 0 saturated carbocycles. The third kappa shape index (κ3) is 3.69. The van der Waals surface area contributed by atoms with Crippen LogP contribution in [0.2, 0.25) is 0 Å². The first-order chi connectivity index (χ1) is 11.5. The summed E-state index contributed by atoms with van der Waals surface area (Å²) >= 11 is 6.68. The highest BCUT2D eigenvalue weighted by Gasteiger charge is 2.11. The molecule has 2 N–H and O–H groups in total. The average Bonchev–Trinajstić information content (AvgIpc) is 2.95. The second kappa shape index (κ2) is 6.94. The van der Waals surface area contributed by atoms with E-state index in [-0.39, 0.29) is 11.0 Å². The number of fused-ring (bicyclic) bond motifs is 1. The summed E-state index contributed by atoms with van der Waals surface area (Å²) in [5.41, 5.74) is 2.54. The second-order valence-electron chi connectivity index (χ2n) is 5.13. The summed E-state index contributed by atoms with van der Waals surface area (Å²) in [7, 11) is 1.55. The minimum Gasteiger partial charge on any atom is -0.497 e. The van der Waals surface area contributed by atoms with Crippen LogP contribution in [0.1, 0.15) is 15.9 Å². The molecule has 1 amide bonds. The van der Waals surface area contributed by atoms with Crippen LogP contribution in [-0.4, -0.2) is 23.1 Å². The van der Waals surface area contributed by atoms with Crippen molar-refractivity contribution >= 4 is 49.9 Å². The van der Waals surface area contributed by atoms with Crippen molar-refractivity contribution in [3.05, 3.63) is 53.6 Å². The number of anilines is 1. The lowest BCUT2D eigenvalue weighted by atomic mass is 10.2. The summed E-state index contributed by atoms with van der Waals surface area (Å²) in [6.07, 6.45) is 0. The van der Waals surface area contributed by atoms with E-state index in [2.05, 4.69) is 21.7 Å². The maximum atomic E-state index is 12.2. The molecule has 7 heteroatoms. The predicted molar refractivity (Wildman–Crippen MR) is 101 cm³/mol. The number of methoxy groups -OCH3 is 1. The molecule has 0 radical (unpaired) electrons. The van der Waals surface area contributed by atoms with Crippen molar-refractivity contribution in [2.75, 3.05) is 12.4 Å². The molecule has 0 unspecified atom stereocenters. The van der Waals surface area contributed by atoms with Crippen LogP contribution in [0.25, 0.3) is 10.2 Å². The Labute approximate surface area is 148 Å². The van der Waals surface area contributed by atoms with Crippen LogP contribution in [0.5, 0.6) is 5.75 Å². The Morgan fingerprint density at radius 2 is 2.08 bits per heavy atom. The zero-order chi connectivity index (χ0) is 17.1. The van der Waals surface area contributed by atoms with E-state index >= 15 is 0 Å². The number of carbonyl (C=O) groups is 1. The van der Waals surface area contributed by atoms with Crippen LogP contribution in [0.15, 0.2) is 42.5 Å². The highest BCUT2D eigenvalue weighted by atomic mass is 32.1. The van der Waals surface area contributed by atoms with Gasteiger partial charge in [0, 0.05) is 5.56 Å². The van der Waals surface area contributed by atoms with E-state index in [1.54, 1.807) is 31.4 Å². The van der Waals surface area contributed by atoms with Gasteiger partial charge in [-0.3, -0.25) is 10.1 Å². The molecule has 3 aromatic rings. The van der Waals surface area contributed by atoms with Gasteiger partial charge in [0.15, 0.2) is 10.2 Å². The maximum absolute atomic E-state index is 12.2. The normalized spacial score (nSPS) is 10.4. The van der Waals surface area contributed by atoms with Crippen molar-refractivity contribution in [2.45, 2.75) is 6.92 Å². The number of amides is 1. The third-order valence-corrected chi connectivity index (χ3v) is 4.46. The molecule has 0 aliphatic rings. The molecule has 1 heterocycles. The van der Waals surface area contributed by atoms with E-state index in [1.807, 2.05) is 19.1 Å². The maximum Gasteiger partial charge on any atom is 0.257 e. The highest BCUT2D eigenvalue weighted by molar-refractivity contribution is 7.80. The van der Waals surface area contributed by atoms with Gasteiger partial charge in [-0.15, -0.1) is 0 Å². The fraction of sp³-hybridized carbons (Fsp3) is 0.118. The van der Waals surface area contributed by atoms with Crippen molar-refractivity contribution < 1.29 is 9.53 Å². The first-order valence-corrected chi connectivity index (χ1v) is 8.41. The Morgan fingerprint density at radius 3 is 2.88 bits per heavy atom. The number of thiocarbonyl (C=S) groups is 1. The zero-order valence-electron chi connectivity index (χ0n) is 13.1. The molecular weight excluding hydrogens is 342 g/mol. The standard InChI is InChI=1S/C17H15N3O2S2/c1-10-6-7-13-14(8-10)24-17(18-13)20-16(23)19-15(21)11-4-3-5-12(9-11)22-2/h3-9H,1-2H3,(H2,18,19,20,21,23). The van der Waals surface area contributed by atoms with Gasteiger partial charge in [0.1, 0.15) is 5.75 Å². The largest absolute Gasteiger partial charge is 0.497 e. The second-order valence-corrected chi connectivity index (χ2v) is 6.57. The number of hydrogen-bond donors (Lipinski definition) is 2. The zero-order valence-corrected chi connectivity index (χ0v) is 14.8. The van der Waals surface area contributed by atoms with E-state index in [1.165, 1.54) is 16.9 Å². The van der Waals surface area contributed by atoms with Crippen molar-refractivity contribution in [3.63, 3.8) is 0 Å². The van der Waals surface area contributed by atoms with Gasteiger partial charge < -0.3 is 10.1 Å². The molecule has 0 spiro atoms. The fourth-order valence-electron chi connectivity index (χ4n) is 2.15. The number of rotatable bonds is 3. The monoisotopic (exact) mass is 357 g/mol. The molecule has 0 fully saturated rings. The van der Waals surface area contributed by atoms with Crippen molar-refractivity contribution in [3.8, 4) is 5.75 Å². The topological polar surface area (TPSA) is 63.2 Å². The molecule has 5 nitrogen and oxygen atoms in total. The number of aryl methyl sites for hydroxylation is 1. The summed E-state index contributed by atoms with van der Waals surface area (Å²) in [6, 6.07) is 12.9. The third-order valence-electron chi connectivity index (χ3n) is 3.32. The SMILES string of the molecule is COc1cccc(C(=O)NC(=S)Nc2nc3ccc(C)cc3s2)c1. The molecule has 0 saturated heterocycles.